The van der Waals surface area contributed by atoms with Crippen LogP contribution in [0, 0.1) is 0 Å². The van der Waals surface area contributed by atoms with Crippen molar-refractivity contribution >= 4 is 17.5 Å². The Kier molecular flexibility index (Phi) is 4.67. The molecule has 2 aromatic rings. The zero-order chi connectivity index (χ0) is 14.5. The molecular formula is C12H11F2N3O2S. The highest BCUT2D eigenvalue weighted by Crippen LogP contribution is 2.23. The van der Waals surface area contributed by atoms with E-state index in [1.807, 2.05) is 0 Å². The molecule has 1 aromatic heterocycles. The summed E-state index contributed by atoms with van der Waals surface area (Å²) in [6.07, 6.45) is 1.36. The number of nitrogens with zero attached hydrogens (tertiary/aromatic N) is 2. The zero-order valence-corrected chi connectivity index (χ0v) is 11.2. The molecule has 2 rings (SSSR count). The molecule has 0 bridgehead atoms. The highest BCUT2D eigenvalue weighted by Gasteiger charge is 2.18. The van der Waals surface area contributed by atoms with Crippen molar-refractivity contribution in [2.24, 2.45) is 0 Å². The molecule has 0 radical (unpaired) electrons. The quantitative estimate of drug-likeness (QED) is 0.656. The van der Waals surface area contributed by atoms with Gasteiger partial charge < -0.3 is 4.74 Å². The van der Waals surface area contributed by atoms with Crippen LogP contribution in [-0.4, -0.2) is 32.8 Å². The van der Waals surface area contributed by atoms with Crippen LogP contribution >= 0.6 is 11.8 Å². The Labute approximate surface area is 117 Å². The fourth-order valence-corrected chi connectivity index (χ4v) is 2.30. The molecule has 0 saturated heterocycles. The number of carbonyl (C=O) groups is 1. The number of rotatable bonds is 6. The van der Waals surface area contributed by atoms with Gasteiger partial charge in [0.25, 0.3) is 0 Å². The van der Waals surface area contributed by atoms with Crippen molar-refractivity contribution < 1.29 is 18.3 Å². The Balaban J connectivity index is 2.01. The summed E-state index contributed by atoms with van der Waals surface area (Å²) in [6.45, 7) is -1.14. The molecule has 106 valence electrons. The fourth-order valence-electron chi connectivity index (χ4n) is 1.51. The number of thioether (sulfide) groups is 1. The van der Waals surface area contributed by atoms with Gasteiger partial charge in [0.2, 0.25) is 0 Å². The van der Waals surface area contributed by atoms with Gasteiger partial charge in [-0.1, -0.05) is 11.8 Å². The highest BCUT2D eigenvalue weighted by atomic mass is 32.2. The second-order valence-corrected chi connectivity index (χ2v) is 5.15. The van der Waals surface area contributed by atoms with Crippen LogP contribution < -0.4 is 4.74 Å². The maximum Gasteiger partial charge on any atom is 0.387 e. The first-order valence-corrected chi connectivity index (χ1v) is 6.55. The molecule has 1 aromatic carbocycles. The van der Waals surface area contributed by atoms with Crippen LogP contribution in [0.25, 0.3) is 0 Å². The number of benzene rings is 1. The molecule has 1 heterocycles. The van der Waals surface area contributed by atoms with E-state index < -0.39 is 6.61 Å². The van der Waals surface area contributed by atoms with Crippen molar-refractivity contribution in [1.29, 1.82) is 0 Å². The third kappa shape index (κ3) is 3.77. The van der Waals surface area contributed by atoms with Crippen LogP contribution in [0.2, 0.25) is 0 Å². The Morgan fingerprint density at radius 3 is 2.60 bits per heavy atom. The summed E-state index contributed by atoms with van der Waals surface area (Å²) in [5, 5.41) is 6.52. The largest absolute Gasteiger partial charge is 0.435 e. The molecular weight excluding hydrogens is 288 g/mol. The molecule has 0 spiro atoms. The molecule has 5 nitrogen and oxygen atoms in total. The lowest BCUT2D eigenvalue weighted by Crippen LogP contribution is -2.13. The van der Waals surface area contributed by atoms with Gasteiger partial charge in [-0.25, -0.2) is 4.98 Å². The lowest BCUT2D eigenvalue weighted by atomic mass is 10.1. The van der Waals surface area contributed by atoms with Crippen LogP contribution in [0.1, 0.15) is 17.3 Å². The number of ether oxygens (including phenoxy) is 1. The molecule has 20 heavy (non-hydrogen) atoms. The monoisotopic (exact) mass is 299 g/mol. The zero-order valence-electron chi connectivity index (χ0n) is 10.4. The Morgan fingerprint density at radius 2 is 2.05 bits per heavy atom. The summed E-state index contributed by atoms with van der Waals surface area (Å²) in [7, 11) is 0. The third-order valence-corrected chi connectivity index (χ3v) is 3.40. The van der Waals surface area contributed by atoms with Gasteiger partial charge in [0.05, 0.1) is 5.25 Å². The van der Waals surface area contributed by atoms with Gasteiger partial charge in [-0.05, 0) is 31.2 Å². The van der Waals surface area contributed by atoms with Gasteiger partial charge >= 0.3 is 6.61 Å². The molecule has 0 aliphatic rings. The van der Waals surface area contributed by atoms with Crippen LogP contribution in [-0.2, 0) is 0 Å². The van der Waals surface area contributed by atoms with Crippen molar-refractivity contribution in [1.82, 2.24) is 15.2 Å². The van der Waals surface area contributed by atoms with Gasteiger partial charge in [0.15, 0.2) is 10.9 Å². The van der Waals surface area contributed by atoms with Crippen molar-refractivity contribution in [3.63, 3.8) is 0 Å². The van der Waals surface area contributed by atoms with Gasteiger partial charge in [0, 0.05) is 5.56 Å². The Bertz CT molecular complexity index is 561. The smallest absolute Gasteiger partial charge is 0.387 e. The predicted octanol–water partition coefficient (Wildman–Crippen LogP) is 2.77. The second kappa shape index (κ2) is 6.47. The summed E-state index contributed by atoms with van der Waals surface area (Å²) in [4.78, 5) is 16.1. The van der Waals surface area contributed by atoms with E-state index in [4.69, 9.17) is 0 Å². The van der Waals surface area contributed by atoms with Crippen LogP contribution in [0.15, 0.2) is 35.7 Å². The minimum atomic E-state index is -2.88. The number of hydrogen-bond acceptors (Lipinski definition) is 5. The van der Waals surface area contributed by atoms with Crippen molar-refractivity contribution in [3.05, 3.63) is 36.2 Å². The standard InChI is InChI=1S/C12H11F2N3O2S/c1-7(20-12-15-6-16-17-12)10(18)8-2-4-9(5-3-8)19-11(13)14/h2-7,11H,1H3,(H,15,16,17)/t7-/m0/s1. The molecule has 1 N–H and O–H groups in total. The molecule has 1 atom stereocenters. The van der Waals surface area contributed by atoms with E-state index in [1.54, 1.807) is 6.92 Å². The number of aromatic amines is 1. The molecule has 0 unspecified atom stereocenters. The van der Waals surface area contributed by atoms with Crippen molar-refractivity contribution in [2.45, 2.75) is 23.9 Å². The average Bonchev–Trinajstić information content (AvgIpc) is 2.91. The van der Waals surface area contributed by atoms with Crippen molar-refractivity contribution in [2.75, 3.05) is 0 Å². The van der Waals surface area contributed by atoms with Crippen LogP contribution in [0.5, 0.6) is 5.75 Å². The second-order valence-electron chi connectivity index (χ2n) is 3.82. The molecule has 0 aliphatic heterocycles. The van der Waals surface area contributed by atoms with E-state index in [2.05, 4.69) is 19.9 Å². The van der Waals surface area contributed by atoms with E-state index in [0.29, 0.717) is 10.7 Å². The average molecular weight is 299 g/mol. The van der Waals surface area contributed by atoms with E-state index in [1.165, 1.54) is 42.4 Å². The van der Waals surface area contributed by atoms with E-state index in [9.17, 15) is 13.6 Å². The SMILES string of the molecule is C[C@H](Sc1ncn[nH]1)C(=O)c1ccc(OC(F)F)cc1. The predicted molar refractivity (Wildman–Crippen MR) is 69.1 cm³/mol. The van der Waals surface area contributed by atoms with Gasteiger partial charge in [-0.2, -0.15) is 13.9 Å². The number of Topliss-reactive ketones (excluding diaryl/α,β-unsaturated/α-hetero) is 1. The highest BCUT2D eigenvalue weighted by molar-refractivity contribution is 8.00. The minimum Gasteiger partial charge on any atom is -0.435 e. The Hall–Kier alpha value is -1.96. The summed E-state index contributed by atoms with van der Waals surface area (Å²) in [5.41, 5.74) is 0.422. The number of carbonyl (C=O) groups excluding carboxylic acids is 1. The molecule has 0 fully saturated rings. The first-order chi connectivity index (χ1) is 9.56. The maximum absolute atomic E-state index is 12.1. The Morgan fingerprint density at radius 1 is 1.35 bits per heavy atom. The molecule has 8 heteroatoms. The number of aromatic nitrogens is 3. The lowest BCUT2D eigenvalue weighted by Gasteiger charge is -2.09. The summed E-state index contributed by atoms with van der Waals surface area (Å²) < 4.78 is 28.2. The van der Waals surface area contributed by atoms with Crippen LogP contribution in [0.3, 0.4) is 0 Å². The normalized spacial score (nSPS) is 12.4. The maximum atomic E-state index is 12.1. The first kappa shape index (κ1) is 14.4. The van der Waals surface area contributed by atoms with Gasteiger partial charge in [-0.15, -0.1) is 0 Å². The van der Waals surface area contributed by atoms with Crippen molar-refractivity contribution in [3.8, 4) is 5.75 Å². The number of H-pyrrole nitrogens is 1. The number of nitrogens with one attached hydrogen (secondary N) is 1. The number of halogens is 2. The van der Waals surface area contributed by atoms with E-state index in [-0.39, 0.29) is 16.8 Å². The summed E-state index contributed by atoms with van der Waals surface area (Å²) in [6, 6.07) is 5.59. The summed E-state index contributed by atoms with van der Waals surface area (Å²) >= 11 is 1.24. The van der Waals surface area contributed by atoms with Crippen LogP contribution in [0.4, 0.5) is 8.78 Å². The molecule has 0 amide bonds. The fraction of sp³-hybridized carbons (Fsp3) is 0.250. The van der Waals surface area contributed by atoms with Gasteiger partial charge in [0.1, 0.15) is 12.1 Å². The summed E-state index contributed by atoms with van der Waals surface area (Å²) in [5.74, 6) is -0.109. The third-order valence-electron chi connectivity index (χ3n) is 2.41. The number of hydrogen-bond donors (Lipinski definition) is 1. The molecule has 0 aliphatic carbocycles. The number of ketones is 1. The van der Waals surface area contributed by atoms with E-state index >= 15 is 0 Å². The topological polar surface area (TPSA) is 67.9 Å². The minimum absolute atomic E-state index is 0.0205. The lowest BCUT2D eigenvalue weighted by molar-refractivity contribution is -0.0498. The van der Waals surface area contributed by atoms with E-state index in [0.717, 1.165) is 0 Å². The number of alkyl halides is 2. The molecule has 0 saturated carbocycles. The van der Waals surface area contributed by atoms with Gasteiger partial charge in [-0.3, -0.25) is 9.89 Å². The first-order valence-electron chi connectivity index (χ1n) is 5.67.